The fraction of sp³-hybridized carbons (Fsp3) is 0.200. The molecular formula is C25H21FN2O5. The smallest absolute Gasteiger partial charge is 0.266 e. The van der Waals surface area contributed by atoms with Crippen molar-refractivity contribution in [1.29, 1.82) is 0 Å². The van der Waals surface area contributed by atoms with Crippen LogP contribution in [0.15, 0.2) is 72.8 Å². The summed E-state index contributed by atoms with van der Waals surface area (Å²) in [5, 5.41) is 1.59. The van der Waals surface area contributed by atoms with Crippen LogP contribution in [0.3, 0.4) is 0 Å². The van der Waals surface area contributed by atoms with Crippen LogP contribution in [0.25, 0.3) is 0 Å². The molecule has 2 aliphatic heterocycles. The van der Waals surface area contributed by atoms with E-state index in [-0.39, 0.29) is 0 Å². The predicted octanol–water partition coefficient (Wildman–Crippen LogP) is 3.89. The van der Waals surface area contributed by atoms with E-state index in [4.69, 9.17) is 14.3 Å². The minimum Gasteiger partial charge on any atom is -0.497 e. The van der Waals surface area contributed by atoms with Crippen LogP contribution < -0.4 is 19.4 Å². The molecule has 2 fully saturated rings. The molecule has 0 aliphatic carbocycles. The summed E-state index contributed by atoms with van der Waals surface area (Å²) in [6.45, 7) is 0. The molecule has 2 aliphatic rings. The van der Waals surface area contributed by atoms with Gasteiger partial charge in [-0.15, -0.1) is 0 Å². The molecule has 7 nitrogen and oxygen atoms in total. The van der Waals surface area contributed by atoms with E-state index in [0.29, 0.717) is 28.4 Å². The Morgan fingerprint density at radius 2 is 1.58 bits per heavy atom. The van der Waals surface area contributed by atoms with Crippen molar-refractivity contribution >= 4 is 23.2 Å². The number of fused-ring (bicyclic) bond motifs is 1. The summed E-state index contributed by atoms with van der Waals surface area (Å²) in [4.78, 5) is 34.1. The van der Waals surface area contributed by atoms with Crippen LogP contribution >= 0.6 is 0 Å². The van der Waals surface area contributed by atoms with Gasteiger partial charge in [-0.25, -0.2) is 14.4 Å². The summed E-state index contributed by atoms with van der Waals surface area (Å²) in [5.74, 6) is -1.09. The maximum Gasteiger partial charge on any atom is 0.266 e. The average molecular weight is 448 g/mol. The number of carbonyl (C=O) groups excluding carboxylic acids is 2. The van der Waals surface area contributed by atoms with Crippen LogP contribution in [0, 0.1) is 11.7 Å². The lowest BCUT2D eigenvalue weighted by Gasteiger charge is -2.29. The molecule has 0 bridgehead atoms. The van der Waals surface area contributed by atoms with Crippen molar-refractivity contribution in [3.8, 4) is 11.5 Å². The number of hydrogen-bond donors (Lipinski definition) is 0. The van der Waals surface area contributed by atoms with Crippen LogP contribution in [-0.4, -0.2) is 32.1 Å². The molecule has 2 amide bonds. The van der Waals surface area contributed by atoms with Gasteiger partial charge in [-0.05, 0) is 48.5 Å². The minimum absolute atomic E-state index is 0.302. The summed E-state index contributed by atoms with van der Waals surface area (Å²) < 4.78 is 24.3. The lowest BCUT2D eigenvalue weighted by molar-refractivity contribution is -0.126. The molecule has 8 heteroatoms. The van der Waals surface area contributed by atoms with Crippen molar-refractivity contribution in [2.75, 3.05) is 24.2 Å². The Hall–Kier alpha value is -3.91. The molecule has 0 radical (unpaired) electrons. The Labute approximate surface area is 189 Å². The lowest BCUT2D eigenvalue weighted by Crippen LogP contribution is -2.37. The Balaban J connectivity index is 1.62. The number of para-hydroxylation sites is 1. The topological polar surface area (TPSA) is 68.3 Å². The van der Waals surface area contributed by atoms with Crippen molar-refractivity contribution in [3.63, 3.8) is 0 Å². The molecule has 3 aromatic rings. The van der Waals surface area contributed by atoms with Gasteiger partial charge in [-0.3, -0.25) is 14.4 Å². The third kappa shape index (κ3) is 3.39. The van der Waals surface area contributed by atoms with E-state index in [1.54, 1.807) is 24.3 Å². The largest absolute Gasteiger partial charge is 0.497 e. The van der Waals surface area contributed by atoms with Gasteiger partial charge < -0.3 is 9.47 Å². The van der Waals surface area contributed by atoms with Gasteiger partial charge in [0.15, 0.2) is 6.10 Å². The van der Waals surface area contributed by atoms with Crippen molar-refractivity contribution < 1.29 is 28.3 Å². The summed E-state index contributed by atoms with van der Waals surface area (Å²) in [7, 11) is 3.09. The molecule has 0 spiro atoms. The average Bonchev–Trinajstić information content (AvgIpc) is 3.35. The van der Waals surface area contributed by atoms with Gasteiger partial charge in [0.2, 0.25) is 5.91 Å². The van der Waals surface area contributed by atoms with Crippen LogP contribution in [0.2, 0.25) is 0 Å². The predicted molar refractivity (Wildman–Crippen MR) is 118 cm³/mol. The standard InChI is InChI=1S/C25H21FN2O5/c1-31-18-12-13-19(20(14-18)32-2)22-21-23(33-28(22)17-6-4-3-5-7-17)25(30)27(24(21)29)16-10-8-15(26)9-11-16/h3-14,21-23H,1-2H3/t21-,22-,23-/m1/s1. The van der Waals surface area contributed by atoms with Crippen molar-refractivity contribution in [2.24, 2.45) is 5.92 Å². The highest BCUT2D eigenvalue weighted by Gasteiger charge is 2.60. The van der Waals surface area contributed by atoms with E-state index in [9.17, 15) is 14.0 Å². The number of amides is 2. The summed E-state index contributed by atoms with van der Waals surface area (Å²) in [6.07, 6.45) is -1.03. The van der Waals surface area contributed by atoms with Gasteiger partial charge in [-0.2, -0.15) is 0 Å². The molecule has 0 saturated carbocycles. The van der Waals surface area contributed by atoms with Crippen LogP contribution in [0.5, 0.6) is 11.5 Å². The fourth-order valence-corrected chi connectivity index (χ4v) is 4.44. The lowest BCUT2D eigenvalue weighted by atomic mass is 9.90. The van der Waals surface area contributed by atoms with Gasteiger partial charge in [0.05, 0.1) is 31.6 Å². The maximum atomic E-state index is 13.6. The number of methoxy groups -OCH3 is 2. The summed E-state index contributed by atoms with van der Waals surface area (Å²) >= 11 is 0. The molecule has 0 unspecified atom stereocenters. The quantitative estimate of drug-likeness (QED) is 0.552. The highest BCUT2D eigenvalue weighted by Crippen LogP contribution is 2.49. The van der Waals surface area contributed by atoms with Gasteiger partial charge in [0.1, 0.15) is 23.2 Å². The van der Waals surface area contributed by atoms with E-state index < -0.39 is 35.7 Å². The molecular weight excluding hydrogens is 427 g/mol. The number of rotatable bonds is 5. The first-order valence-corrected chi connectivity index (χ1v) is 10.4. The zero-order valence-electron chi connectivity index (χ0n) is 18.0. The molecule has 33 heavy (non-hydrogen) atoms. The van der Waals surface area contributed by atoms with Crippen molar-refractivity contribution in [1.82, 2.24) is 0 Å². The highest BCUT2D eigenvalue weighted by molar-refractivity contribution is 6.23. The van der Waals surface area contributed by atoms with E-state index in [1.807, 2.05) is 36.4 Å². The van der Waals surface area contributed by atoms with E-state index in [1.165, 1.54) is 31.4 Å². The molecule has 5 rings (SSSR count). The van der Waals surface area contributed by atoms with Gasteiger partial charge >= 0.3 is 0 Å². The molecule has 2 saturated heterocycles. The zero-order chi connectivity index (χ0) is 23.1. The molecule has 3 aromatic carbocycles. The van der Waals surface area contributed by atoms with Crippen molar-refractivity contribution in [2.45, 2.75) is 12.1 Å². The summed E-state index contributed by atoms with van der Waals surface area (Å²) in [6, 6.07) is 19.2. The van der Waals surface area contributed by atoms with E-state index in [2.05, 4.69) is 0 Å². The number of hydrogen-bond acceptors (Lipinski definition) is 6. The summed E-state index contributed by atoms with van der Waals surface area (Å²) in [5.41, 5.74) is 1.68. The Bertz CT molecular complexity index is 1200. The van der Waals surface area contributed by atoms with Crippen molar-refractivity contribution in [3.05, 3.63) is 84.2 Å². The fourth-order valence-electron chi connectivity index (χ4n) is 4.44. The van der Waals surface area contributed by atoms with Crippen LogP contribution in [-0.2, 0) is 14.4 Å². The normalized spacial score (nSPS) is 22.0. The second-order valence-electron chi connectivity index (χ2n) is 7.75. The highest BCUT2D eigenvalue weighted by atomic mass is 19.1. The molecule has 0 N–H and O–H groups in total. The Morgan fingerprint density at radius 3 is 2.24 bits per heavy atom. The third-order valence-electron chi connectivity index (χ3n) is 5.97. The molecule has 0 aromatic heterocycles. The Morgan fingerprint density at radius 1 is 0.848 bits per heavy atom. The van der Waals surface area contributed by atoms with Gasteiger partial charge in [0.25, 0.3) is 5.91 Å². The number of carbonyl (C=O) groups is 2. The van der Waals surface area contributed by atoms with Gasteiger partial charge in [0, 0.05) is 11.6 Å². The zero-order valence-corrected chi connectivity index (χ0v) is 18.0. The number of nitrogens with zero attached hydrogens (tertiary/aromatic N) is 2. The number of halogens is 1. The van der Waals surface area contributed by atoms with Gasteiger partial charge in [-0.1, -0.05) is 18.2 Å². The number of anilines is 2. The van der Waals surface area contributed by atoms with E-state index >= 15 is 0 Å². The Kier molecular flexibility index (Phi) is 5.22. The first-order valence-electron chi connectivity index (χ1n) is 10.4. The second kappa shape index (κ2) is 8.22. The maximum absolute atomic E-state index is 13.6. The number of ether oxygens (including phenoxy) is 2. The SMILES string of the molecule is COc1ccc([C@@H]2[C@H]3C(=O)N(c4ccc(F)cc4)C(=O)[C@@H]3ON2c2ccccc2)c(OC)c1. The monoisotopic (exact) mass is 448 g/mol. The minimum atomic E-state index is -1.03. The number of imide groups is 1. The first kappa shape index (κ1) is 21.0. The number of hydroxylamine groups is 1. The third-order valence-corrected chi connectivity index (χ3v) is 5.97. The van der Waals surface area contributed by atoms with Crippen LogP contribution in [0.1, 0.15) is 11.6 Å². The van der Waals surface area contributed by atoms with E-state index in [0.717, 1.165) is 4.90 Å². The molecule has 2 heterocycles. The first-order chi connectivity index (χ1) is 16.0. The second-order valence-corrected chi connectivity index (χ2v) is 7.75. The number of benzene rings is 3. The molecule has 168 valence electrons. The molecule has 3 atom stereocenters. The van der Waals surface area contributed by atoms with Crippen LogP contribution in [0.4, 0.5) is 15.8 Å².